The van der Waals surface area contributed by atoms with Gasteiger partial charge in [-0.15, -0.1) is 0 Å². The van der Waals surface area contributed by atoms with Crippen LogP contribution in [0.5, 0.6) is 0 Å². The van der Waals surface area contributed by atoms with Crippen molar-refractivity contribution in [2.75, 3.05) is 0 Å². The summed E-state index contributed by atoms with van der Waals surface area (Å²) in [7, 11) is -3.88. The summed E-state index contributed by atoms with van der Waals surface area (Å²) in [6, 6.07) is 11.9. The van der Waals surface area contributed by atoms with Gasteiger partial charge in [-0.25, -0.2) is 13.6 Å². The van der Waals surface area contributed by atoms with Crippen LogP contribution in [0.2, 0.25) is 10.0 Å². The summed E-state index contributed by atoms with van der Waals surface area (Å²) in [5, 5.41) is 5.61. The number of rotatable bonds is 2. The fourth-order valence-corrected chi connectivity index (χ4v) is 6.13. The molecule has 4 rings (SSSR count). The minimum atomic E-state index is -3.88. The number of primary sulfonamides is 1. The smallest absolute Gasteiger partial charge is 0.225 e. The minimum absolute atomic E-state index is 0.0443. The van der Waals surface area contributed by atoms with Crippen molar-refractivity contribution in [3.8, 4) is 0 Å². The molecule has 2 N–H and O–H groups in total. The standard InChI is InChI=1S/C19H19Cl2NO2S/c20-18-15(7-8-16(19(18)21)25(22,23)24)17-13-5-6-14(17)10-12-4-2-1-3-11(12)9-13/h1-4,7-8,13-14,17H,5-6,9-10H2,(H2,22,23,24). The summed E-state index contributed by atoms with van der Waals surface area (Å²) in [6.45, 7) is 0. The quantitative estimate of drug-likeness (QED) is 0.810. The van der Waals surface area contributed by atoms with Gasteiger partial charge in [0.2, 0.25) is 10.0 Å². The number of hydrogen-bond donors (Lipinski definition) is 1. The topological polar surface area (TPSA) is 60.2 Å². The van der Waals surface area contributed by atoms with Gasteiger partial charge in [-0.05, 0) is 66.2 Å². The monoisotopic (exact) mass is 395 g/mol. The summed E-state index contributed by atoms with van der Waals surface area (Å²) in [5.41, 5.74) is 3.80. The highest BCUT2D eigenvalue weighted by Gasteiger charge is 2.41. The second-order valence-electron chi connectivity index (χ2n) is 7.13. The second kappa shape index (κ2) is 6.27. The average Bonchev–Trinajstić information content (AvgIpc) is 2.83. The zero-order chi connectivity index (χ0) is 17.8. The fraction of sp³-hybridized carbons (Fsp3) is 0.368. The molecule has 0 aromatic heterocycles. The summed E-state index contributed by atoms with van der Waals surface area (Å²) in [5.74, 6) is 1.30. The van der Waals surface area contributed by atoms with Crippen LogP contribution in [-0.2, 0) is 22.9 Å². The van der Waals surface area contributed by atoms with E-state index in [1.165, 1.54) is 17.2 Å². The number of fused-ring (bicyclic) bond motifs is 3. The third-order valence-electron chi connectivity index (χ3n) is 5.75. The van der Waals surface area contributed by atoms with Gasteiger partial charge in [-0.2, -0.15) is 0 Å². The fourth-order valence-electron chi connectivity index (χ4n) is 4.68. The molecular formula is C19H19Cl2NO2S. The molecule has 2 aliphatic rings. The molecule has 0 spiro atoms. The lowest BCUT2D eigenvalue weighted by Gasteiger charge is -2.24. The van der Waals surface area contributed by atoms with Crippen molar-refractivity contribution in [2.45, 2.75) is 36.5 Å². The van der Waals surface area contributed by atoms with Crippen molar-refractivity contribution in [3.63, 3.8) is 0 Å². The molecule has 1 saturated carbocycles. The van der Waals surface area contributed by atoms with Gasteiger partial charge in [0.25, 0.3) is 0 Å². The highest BCUT2D eigenvalue weighted by atomic mass is 35.5. The van der Waals surface area contributed by atoms with E-state index in [-0.39, 0.29) is 9.92 Å². The Morgan fingerprint density at radius 3 is 1.96 bits per heavy atom. The Balaban J connectivity index is 1.78. The van der Waals surface area contributed by atoms with Crippen LogP contribution in [0.4, 0.5) is 0 Å². The average molecular weight is 396 g/mol. The largest absolute Gasteiger partial charge is 0.239 e. The zero-order valence-electron chi connectivity index (χ0n) is 13.6. The molecule has 0 saturated heterocycles. The first-order chi connectivity index (χ1) is 11.9. The van der Waals surface area contributed by atoms with E-state index in [1.54, 1.807) is 6.07 Å². The minimum Gasteiger partial charge on any atom is -0.225 e. The van der Waals surface area contributed by atoms with Crippen LogP contribution in [0, 0.1) is 11.8 Å². The highest BCUT2D eigenvalue weighted by Crippen LogP contribution is 2.52. The molecule has 0 radical (unpaired) electrons. The van der Waals surface area contributed by atoms with Crippen molar-refractivity contribution in [1.82, 2.24) is 0 Å². The Kier molecular flexibility index (Phi) is 4.35. The van der Waals surface area contributed by atoms with E-state index in [9.17, 15) is 8.42 Å². The van der Waals surface area contributed by atoms with Crippen LogP contribution in [-0.4, -0.2) is 8.42 Å². The van der Waals surface area contributed by atoms with Crippen LogP contribution in [0.1, 0.15) is 35.4 Å². The van der Waals surface area contributed by atoms with Gasteiger partial charge < -0.3 is 0 Å². The molecule has 2 aliphatic carbocycles. The van der Waals surface area contributed by atoms with Crippen molar-refractivity contribution < 1.29 is 8.42 Å². The summed E-state index contributed by atoms with van der Waals surface area (Å²) in [4.78, 5) is -0.104. The molecule has 132 valence electrons. The Morgan fingerprint density at radius 2 is 1.44 bits per heavy atom. The van der Waals surface area contributed by atoms with Gasteiger partial charge in [-0.1, -0.05) is 53.5 Å². The number of halogens is 2. The summed E-state index contributed by atoms with van der Waals surface area (Å²) < 4.78 is 23.3. The van der Waals surface area contributed by atoms with Gasteiger partial charge in [0, 0.05) is 0 Å². The molecule has 2 unspecified atom stereocenters. The van der Waals surface area contributed by atoms with E-state index >= 15 is 0 Å². The normalized spacial score (nSPS) is 25.5. The molecule has 1 fully saturated rings. The molecular weight excluding hydrogens is 377 g/mol. The third-order valence-corrected chi connectivity index (χ3v) is 7.71. The summed E-state index contributed by atoms with van der Waals surface area (Å²) >= 11 is 12.8. The van der Waals surface area contributed by atoms with Crippen LogP contribution in [0.25, 0.3) is 0 Å². The first-order valence-electron chi connectivity index (χ1n) is 8.43. The van der Waals surface area contributed by atoms with Crippen LogP contribution >= 0.6 is 23.2 Å². The van der Waals surface area contributed by atoms with E-state index in [0.29, 0.717) is 22.8 Å². The summed E-state index contributed by atoms with van der Waals surface area (Å²) in [6.07, 6.45) is 4.38. The predicted octanol–water partition coefficient (Wildman–Crippen LogP) is 4.55. The SMILES string of the molecule is NS(=O)(=O)c1ccc(C2C3CCC2Cc2ccccc2C3)c(Cl)c1Cl. The number of nitrogens with two attached hydrogens (primary N) is 1. The molecule has 0 heterocycles. The molecule has 2 aromatic carbocycles. The Morgan fingerprint density at radius 1 is 0.880 bits per heavy atom. The first kappa shape index (κ1) is 17.3. The van der Waals surface area contributed by atoms with Crippen LogP contribution in [0.3, 0.4) is 0 Å². The molecule has 2 aromatic rings. The number of benzene rings is 2. The molecule has 6 heteroatoms. The highest BCUT2D eigenvalue weighted by molar-refractivity contribution is 7.89. The Labute approximate surface area is 158 Å². The lowest BCUT2D eigenvalue weighted by molar-refractivity contribution is 0.423. The van der Waals surface area contributed by atoms with E-state index in [1.807, 2.05) is 0 Å². The Hall–Kier alpha value is -1.07. The predicted molar refractivity (Wildman–Crippen MR) is 101 cm³/mol. The van der Waals surface area contributed by atoms with Gasteiger partial charge in [0.1, 0.15) is 4.90 Å². The molecule has 0 amide bonds. The molecule has 0 aliphatic heterocycles. The van der Waals surface area contributed by atoms with Gasteiger partial charge in [0.15, 0.2) is 0 Å². The van der Waals surface area contributed by atoms with Crippen molar-refractivity contribution in [2.24, 2.45) is 17.0 Å². The van der Waals surface area contributed by atoms with E-state index in [2.05, 4.69) is 24.3 Å². The van der Waals surface area contributed by atoms with Crippen LogP contribution < -0.4 is 5.14 Å². The number of sulfonamides is 1. The second-order valence-corrected chi connectivity index (χ2v) is 9.41. The number of hydrogen-bond acceptors (Lipinski definition) is 2. The lowest BCUT2D eigenvalue weighted by atomic mass is 9.82. The van der Waals surface area contributed by atoms with E-state index in [4.69, 9.17) is 28.3 Å². The zero-order valence-corrected chi connectivity index (χ0v) is 15.9. The van der Waals surface area contributed by atoms with Crippen LogP contribution in [0.15, 0.2) is 41.3 Å². The maximum absolute atomic E-state index is 11.7. The van der Waals surface area contributed by atoms with Crippen molar-refractivity contribution in [3.05, 3.63) is 63.1 Å². The molecule has 2 bridgehead atoms. The van der Waals surface area contributed by atoms with E-state index < -0.39 is 10.0 Å². The van der Waals surface area contributed by atoms with Crippen molar-refractivity contribution >= 4 is 33.2 Å². The maximum atomic E-state index is 11.7. The van der Waals surface area contributed by atoms with Gasteiger partial charge >= 0.3 is 0 Å². The van der Waals surface area contributed by atoms with E-state index in [0.717, 1.165) is 31.2 Å². The third kappa shape index (κ3) is 2.99. The van der Waals surface area contributed by atoms with Gasteiger partial charge in [0.05, 0.1) is 10.0 Å². The molecule has 2 atom stereocenters. The first-order valence-corrected chi connectivity index (χ1v) is 10.7. The molecule has 25 heavy (non-hydrogen) atoms. The maximum Gasteiger partial charge on any atom is 0.239 e. The van der Waals surface area contributed by atoms with Crippen molar-refractivity contribution in [1.29, 1.82) is 0 Å². The molecule has 3 nitrogen and oxygen atoms in total. The lowest BCUT2D eigenvalue weighted by Crippen LogP contribution is -2.16. The Bertz CT molecular complexity index is 909. The van der Waals surface area contributed by atoms with Gasteiger partial charge in [-0.3, -0.25) is 0 Å².